The van der Waals surface area contributed by atoms with Crippen LogP contribution in [-0.2, 0) is 11.6 Å². The first kappa shape index (κ1) is 24.7. The monoisotopic (exact) mass is 491 g/mol. The Balaban J connectivity index is 1.50. The lowest BCUT2D eigenvalue weighted by atomic mass is 9.69. The van der Waals surface area contributed by atoms with E-state index in [2.05, 4.69) is 39.7 Å². The van der Waals surface area contributed by atoms with Gasteiger partial charge in [0, 0.05) is 31.1 Å². The van der Waals surface area contributed by atoms with E-state index in [9.17, 15) is 13.2 Å². The van der Waals surface area contributed by atoms with Crippen molar-refractivity contribution >= 4 is 29.1 Å². The highest BCUT2D eigenvalue weighted by atomic mass is 32.1. The molecule has 1 aliphatic carbocycles. The molecule has 2 fully saturated rings. The molecule has 184 valence electrons. The topological polar surface area (TPSA) is 53.1 Å². The lowest BCUT2D eigenvalue weighted by Gasteiger charge is -2.38. The lowest BCUT2D eigenvalue weighted by molar-refractivity contribution is -0.141. The van der Waals surface area contributed by atoms with Gasteiger partial charge in [0.15, 0.2) is 10.8 Å². The number of halogens is 3. The maximum Gasteiger partial charge on any atom is 0.433 e. The molecule has 9 heteroatoms. The molecule has 0 unspecified atom stereocenters. The Kier molecular flexibility index (Phi) is 7.60. The fourth-order valence-corrected chi connectivity index (χ4v) is 5.34. The Hall–Kier alpha value is -2.42. The van der Waals surface area contributed by atoms with Crippen LogP contribution < -0.4 is 15.5 Å². The molecule has 1 aromatic carbocycles. The predicted molar refractivity (Wildman–Crippen MR) is 133 cm³/mol. The van der Waals surface area contributed by atoms with Crippen molar-refractivity contribution in [1.29, 1.82) is 0 Å². The number of piperidine rings is 1. The van der Waals surface area contributed by atoms with Crippen molar-refractivity contribution < 1.29 is 13.2 Å². The summed E-state index contributed by atoms with van der Waals surface area (Å²) >= 11 is 5.46. The highest BCUT2D eigenvalue weighted by Gasteiger charge is 2.36. The van der Waals surface area contributed by atoms with E-state index in [0.29, 0.717) is 25.6 Å². The number of aromatic nitrogens is 2. The molecular formula is C25H32F3N5S. The first-order chi connectivity index (χ1) is 16.2. The summed E-state index contributed by atoms with van der Waals surface area (Å²) in [6.07, 6.45) is 3.02. The van der Waals surface area contributed by atoms with Crippen molar-refractivity contribution in [3.05, 3.63) is 47.7 Å². The van der Waals surface area contributed by atoms with Crippen LogP contribution in [0, 0.1) is 5.92 Å². The largest absolute Gasteiger partial charge is 0.433 e. The van der Waals surface area contributed by atoms with E-state index in [1.54, 1.807) is 0 Å². The zero-order valence-electron chi connectivity index (χ0n) is 19.5. The zero-order chi connectivity index (χ0) is 24.2. The van der Waals surface area contributed by atoms with Gasteiger partial charge in [-0.3, -0.25) is 0 Å². The van der Waals surface area contributed by atoms with Crippen molar-refractivity contribution in [1.82, 2.24) is 15.3 Å². The van der Waals surface area contributed by atoms with Crippen LogP contribution in [0.2, 0.25) is 0 Å². The standard InChI is InChI=1S/C25H32F3N5S/c1-18-9-8-14-33(16-18)21-15-20(25(26,27)28)30-22(31-21)32-23(34)29-17-24(12-6-3-7-13-24)19-10-4-2-5-11-19/h2,4-5,10-11,15,18H,3,6-9,12-14,16-17H2,1H3,(H2,29,30,31,32,34)/t18-/m0/s1. The molecule has 2 N–H and O–H groups in total. The van der Waals surface area contributed by atoms with Gasteiger partial charge in [0.05, 0.1) is 0 Å². The van der Waals surface area contributed by atoms with Crippen LogP contribution in [0.4, 0.5) is 24.9 Å². The molecule has 1 saturated carbocycles. The molecule has 2 aliphatic rings. The Morgan fingerprint density at radius 1 is 1.12 bits per heavy atom. The second-order valence-corrected chi connectivity index (χ2v) is 10.0. The fraction of sp³-hybridized carbons (Fsp3) is 0.560. The summed E-state index contributed by atoms with van der Waals surface area (Å²) in [5.41, 5.74) is 0.255. The van der Waals surface area contributed by atoms with Gasteiger partial charge in [0.2, 0.25) is 5.95 Å². The minimum atomic E-state index is -4.57. The number of hydrogen-bond acceptors (Lipinski definition) is 4. The van der Waals surface area contributed by atoms with E-state index < -0.39 is 11.9 Å². The van der Waals surface area contributed by atoms with Crippen molar-refractivity contribution in [3.63, 3.8) is 0 Å². The van der Waals surface area contributed by atoms with E-state index >= 15 is 0 Å². The molecule has 1 aliphatic heterocycles. The Bertz CT molecular complexity index is 976. The molecule has 0 bridgehead atoms. The Labute approximate surface area is 204 Å². The Morgan fingerprint density at radius 3 is 2.53 bits per heavy atom. The van der Waals surface area contributed by atoms with Crippen molar-refractivity contribution in [2.24, 2.45) is 5.92 Å². The smallest absolute Gasteiger partial charge is 0.361 e. The van der Waals surface area contributed by atoms with Crippen LogP contribution in [0.1, 0.15) is 63.1 Å². The van der Waals surface area contributed by atoms with Gasteiger partial charge in [0.1, 0.15) is 5.82 Å². The summed E-state index contributed by atoms with van der Waals surface area (Å²) < 4.78 is 40.7. The third kappa shape index (κ3) is 5.98. The molecular weight excluding hydrogens is 459 g/mol. The van der Waals surface area contributed by atoms with Crippen LogP contribution in [0.15, 0.2) is 36.4 Å². The molecule has 2 aromatic rings. The van der Waals surface area contributed by atoms with Crippen molar-refractivity contribution in [3.8, 4) is 0 Å². The van der Waals surface area contributed by atoms with E-state index in [1.165, 1.54) is 12.0 Å². The van der Waals surface area contributed by atoms with Crippen LogP contribution >= 0.6 is 12.2 Å². The first-order valence-electron chi connectivity index (χ1n) is 12.1. The van der Waals surface area contributed by atoms with E-state index in [-0.39, 0.29) is 22.3 Å². The molecule has 0 amide bonds. The maximum absolute atomic E-state index is 13.6. The quantitative estimate of drug-likeness (QED) is 0.507. The summed E-state index contributed by atoms with van der Waals surface area (Å²) in [6, 6.07) is 11.4. The van der Waals surface area contributed by atoms with Crippen LogP contribution in [0.25, 0.3) is 0 Å². The van der Waals surface area contributed by atoms with E-state index in [4.69, 9.17) is 12.2 Å². The van der Waals surface area contributed by atoms with Crippen molar-refractivity contribution in [2.45, 2.75) is 63.5 Å². The van der Waals surface area contributed by atoms with Gasteiger partial charge < -0.3 is 15.5 Å². The van der Waals surface area contributed by atoms with Gasteiger partial charge in [-0.2, -0.15) is 18.2 Å². The van der Waals surface area contributed by atoms with E-state index in [1.807, 2.05) is 23.1 Å². The summed E-state index contributed by atoms with van der Waals surface area (Å²) in [7, 11) is 0. The zero-order valence-corrected chi connectivity index (χ0v) is 20.3. The fourth-order valence-electron chi connectivity index (χ4n) is 5.18. The second-order valence-electron chi connectivity index (χ2n) is 9.64. The average molecular weight is 492 g/mol. The molecule has 1 atom stereocenters. The van der Waals surface area contributed by atoms with Gasteiger partial charge in [-0.05, 0) is 49.4 Å². The molecule has 0 spiro atoms. The number of thiocarbonyl (C=S) groups is 1. The average Bonchev–Trinajstić information content (AvgIpc) is 2.83. The van der Waals surface area contributed by atoms with Gasteiger partial charge in [-0.1, -0.05) is 56.5 Å². The second kappa shape index (κ2) is 10.5. The first-order valence-corrected chi connectivity index (χ1v) is 12.5. The molecule has 4 rings (SSSR count). The number of hydrogen-bond donors (Lipinski definition) is 2. The SMILES string of the molecule is C[C@H]1CCCN(c2cc(C(F)(F)F)nc(NC(=S)NCC3(c4ccccc4)CCCCC3)n2)C1. The number of benzene rings is 1. The van der Waals surface area contributed by atoms with Crippen LogP contribution in [-0.4, -0.2) is 34.7 Å². The molecule has 1 saturated heterocycles. The molecule has 1 aromatic heterocycles. The highest BCUT2D eigenvalue weighted by Crippen LogP contribution is 2.39. The third-order valence-electron chi connectivity index (χ3n) is 6.99. The maximum atomic E-state index is 13.6. The number of nitrogens with one attached hydrogen (secondary N) is 2. The number of rotatable bonds is 5. The molecule has 2 heterocycles. The molecule has 0 radical (unpaired) electrons. The summed E-state index contributed by atoms with van der Waals surface area (Å²) in [6.45, 7) is 4.07. The van der Waals surface area contributed by atoms with Crippen molar-refractivity contribution in [2.75, 3.05) is 29.9 Å². The number of nitrogens with zero attached hydrogens (tertiary/aromatic N) is 3. The summed E-state index contributed by atoms with van der Waals surface area (Å²) in [4.78, 5) is 10.0. The minimum Gasteiger partial charge on any atom is -0.361 e. The van der Waals surface area contributed by atoms with Crippen LogP contribution in [0.3, 0.4) is 0 Å². The summed E-state index contributed by atoms with van der Waals surface area (Å²) in [5.74, 6) is 0.562. The van der Waals surface area contributed by atoms with E-state index in [0.717, 1.165) is 44.6 Å². The van der Waals surface area contributed by atoms with Gasteiger partial charge in [0.25, 0.3) is 0 Å². The normalized spacial score (nSPS) is 20.6. The van der Waals surface area contributed by atoms with Gasteiger partial charge in [-0.25, -0.2) is 4.98 Å². The molecule has 34 heavy (non-hydrogen) atoms. The summed E-state index contributed by atoms with van der Waals surface area (Å²) in [5, 5.41) is 6.31. The third-order valence-corrected chi connectivity index (χ3v) is 7.24. The number of anilines is 2. The van der Waals surface area contributed by atoms with Crippen LogP contribution in [0.5, 0.6) is 0 Å². The highest BCUT2D eigenvalue weighted by molar-refractivity contribution is 7.80. The molecule has 5 nitrogen and oxygen atoms in total. The van der Waals surface area contributed by atoms with Gasteiger partial charge >= 0.3 is 6.18 Å². The minimum absolute atomic E-state index is 0.0466. The predicted octanol–water partition coefficient (Wildman–Crippen LogP) is 5.92. The van der Waals surface area contributed by atoms with Gasteiger partial charge in [-0.15, -0.1) is 0 Å². The number of alkyl halides is 3. The lowest BCUT2D eigenvalue weighted by Crippen LogP contribution is -2.43. The Morgan fingerprint density at radius 2 is 1.85 bits per heavy atom.